The molecule has 1 aromatic rings. The summed E-state index contributed by atoms with van der Waals surface area (Å²) in [5.74, 6) is 5.58. The van der Waals surface area contributed by atoms with Gasteiger partial charge in [0.1, 0.15) is 15.7 Å². The van der Waals surface area contributed by atoms with E-state index in [1.54, 1.807) is 6.07 Å². The van der Waals surface area contributed by atoms with E-state index in [2.05, 4.69) is 5.43 Å². The van der Waals surface area contributed by atoms with Crippen molar-refractivity contribution < 1.29 is 12.8 Å². The van der Waals surface area contributed by atoms with Crippen molar-refractivity contribution in [2.24, 2.45) is 11.8 Å². The fourth-order valence-electron chi connectivity index (χ4n) is 3.34. The molecule has 3 atom stereocenters. The van der Waals surface area contributed by atoms with Gasteiger partial charge < -0.3 is 0 Å². The maximum absolute atomic E-state index is 13.2. The number of sulfone groups is 1. The maximum Gasteiger partial charge on any atom is 0.150 e. The SMILES string of the molecule is Cc1cc(F)ccc1C(NN)C1CCCC(S(C)(=O)=O)C1. The van der Waals surface area contributed by atoms with E-state index in [9.17, 15) is 12.8 Å². The number of aryl methyl sites for hydroxylation is 1. The van der Waals surface area contributed by atoms with E-state index in [0.29, 0.717) is 6.42 Å². The highest BCUT2D eigenvalue weighted by atomic mass is 32.2. The minimum atomic E-state index is -3.03. The maximum atomic E-state index is 13.2. The molecule has 0 heterocycles. The zero-order valence-corrected chi connectivity index (χ0v) is 13.3. The van der Waals surface area contributed by atoms with Crippen molar-refractivity contribution in [3.8, 4) is 0 Å². The number of nitrogens with two attached hydrogens (primary N) is 1. The third-order valence-electron chi connectivity index (χ3n) is 4.49. The summed E-state index contributed by atoms with van der Waals surface area (Å²) in [6.07, 6.45) is 4.42. The lowest BCUT2D eigenvalue weighted by molar-refractivity contribution is 0.274. The lowest BCUT2D eigenvalue weighted by atomic mass is 9.80. The van der Waals surface area contributed by atoms with Gasteiger partial charge in [-0.15, -0.1) is 0 Å². The normalized spacial score (nSPS) is 24.8. The van der Waals surface area contributed by atoms with Crippen LogP contribution in [0.3, 0.4) is 0 Å². The average molecular weight is 314 g/mol. The van der Waals surface area contributed by atoms with Gasteiger partial charge in [-0.3, -0.25) is 11.3 Å². The van der Waals surface area contributed by atoms with Crippen molar-refractivity contribution in [2.75, 3.05) is 6.26 Å². The lowest BCUT2D eigenvalue weighted by Crippen LogP contribution is -2.38. The predicted molar refractivity (Wildman–Crippen MR) is 81.8 cm³/mol. The number of hydrazine groups is 1. The molecule has 3 N–H and O–H groups in total. The van der Waals surface area contributed by atoms with E-state index in [1.807, 2.05) is 6.92 Å². The molecule has 1 fully saturated rings. The number of nitrogens with one attached hydrogen (secondary N) is 1. The highest BCUT2D eigenvalue weighted by molar-refractivity contribution is 7.91. The van der Waals surface area contributed by atoms with Crippen molar-refractivity contribution in [3.05, 3.63) is 35.1 Å². The topological polar surface area (TPSA) is 72.2 Å². The van der Waals surface area contributed by atoms with Crippen LogP contribution in [0, 0.1) is 18.7 Å². The molecule has 1 aliphatic carbocycles. The number of hydrogen-bond acceptors (Lipinski definition) is 4. The van der Waals surface area contributed by atoms with E-state index >= 15 is 0 Å². The first-order valence-electron chi connectivity index (χ1n) is 7.24. The van der Waals surface area contributed by atoms with E-state index in [-0.39, 0.29) is 23.0 Å². The lowest BCUT2D eigenvalue weighted by Gasteiger charge is -2.34. The average Bonchev–Trinajstić information content (AvgIpc) is 2.41. The van der Waals surface area contributed by atoms with E-state index in [4.69, 9.17) is 5.84 Å². The number of benzene rings is 1. The fraction of sp³-hybridized carbons (Fsp3) is 0.600. The summed E-state index contributed by atoms with van der Waals surface area (Å²) < 4.78 is 36.8. The van der Waals surface area contributed by atoms with Crippen LogP contribution in [0.15, 0.2) is 18.2 Å². The van der Waals surface area contributed by atoms with Crippen LogP contribution in [0.4, 0.5) is 4.39 Å². The van der Waals surface area contributed by atoms with Crippen LogP contribution >= 0.6 is 0 Å². The van der Waals surface area contributed by atoms with Crippen molar-refractivity contribution in [1.82, 2.24) is 5.43 Å². The second-order valence-corrected chi connectivity index (χ2v) is 8.35. The predicted octanol–water partition coefficient (Wildman–Crippen LogP) is 2.24. The summed E-state index contributed by atoms with van der Waals surface area (Å²) in [6, 6.07) is 4.49. The quantitative estimate of drug-likeness (QED) is 0.660. The molecular formula is C15H23FN2O2S. The van der Waals surface area contributed by atoms with Crippen LogP contribution in [0.2, 0.25) is 0 Å². The Bertz CT molecular complexity index is 604. The Kier molecular flexibility index (Phi) is 5.01. The molecule has 0 bridgehead atoms. The Morgan fingerprint density at radius 3 is 2.67 bits per heavy atom. The van der Waals surface area contributed by atoms with Gasteiger partial charge >= 0.3 is 0 Å². The van der Waals surface area contributed by atoms with Gasteiger partial charge in [0.2, 0.25) is 0 Å². The van der Waals surface area contributed by atoms with Crippen LogP contribution in [0.5, 0.6) is 0 Å². The van der Waals surface area contributed by atoms with Crippen LogP contribution < -0.4 is 11.3 Å². The van der Waals surface area contributed by atoms with E-state index < -0.39 is 9.84 Å². The summed E-state index contributed by atoms with van der Waals surface area (Å²) in [4.78, 5) is 0. The van der Waals surface area contributed by atoms with Crippen LogP contribution in [0.25, 0.3) is 0 Å². The molecule has 0 saturated heterocycles. The molecule has 0 amide bonds. The van der Waals surface area contributed by atoms with Crippen molar-refractivity contribution in [2.45, 2.75) is 43.9 Å². The third-order valence-corrected chi connectivity index (χ3v) is 6.13. The highest BCUT2D eigenvalue weighted by Crippen LogP contribution is 2.37. The molecule has 0 radical (unpaired) electrons. The minimum absolute atomic E-state index is 0.143. The standard InChI is InChI=1S/C15H23FN2O2S/c1-10-8-12(16)6-7-14(10)15(18-17)11-4-3-5-13(9-11)21(2,19)20/h6-8,11,13,15,18H,3-5,9,17H2,1-2H3. The highest BCUT2D eigenvalue weighted by Gasteiger charge is 2.33. The van der Waals surface area contributed by atoms with Gasteiger partial charge in [0.05, 0.1) is 5.25 Å². The van der Waals surface area contributed by atoms with Gasteiger partial charge in [-0.05, 0) is 55.4 Å². The number of hydrogen-bond donors (Lipinski definition) is 2. The zero-order chi connectivity index (χ0) is 15.6. The summed E-state index contributed by atoms with van der Waals surface area (Å²) in [6.45, 7) is 1.85. The van der Waals surface area contributed by atoms with Gasteiger partial charge in [-0.25, -0.2) is 12.8 Å². The molecule has 6 heteroatoms. The first-order chi connectivity index (χ1) is 9.82. The Balaban J connectivity index is 2.24. The molecule has 2 rings (SSSR count). The monoisotopic (exact) mass is 314 g/mol. The molecule has 0 aromatic heterocycles. The molecular weight excluding hydrogens is 291 g/mol. The first kappa shape index (κ1) is 16.4. The fourth-order valence-corrected chi connectivity index (χ4v) is 4.53. The van der Waals surface area contributed by atoms with Gasteiger partial charge in [0.25, 0.3) is 0 Å². The Morgan fingerprint density at radius 2 is 2.10 bits per heavy atom. The third kappa shape index (κ3) is 3.81. The van der Waals surface area contributed by atoms with Gasteiger partial charge in [0, 0.05) is 12.3 Å². The summed E-state index contributed by atoms with van der Waals surface area (Å²) >= 11 is 0. The molecule has 21 heavy (non-hydrogen) atoms. The second-order valence-electron chi connectivity index (χ2n) is 6.02. The first-order valence-corrected chi connectivity index (χ1v) is 9.19. The number of rotatable bonds is 4. The Morgan fingerprint density at radius 1 is 1.38 bits per heavy atom. The van der Waals surface area contributed by atoms with Crippen LogP contribution in [-0.2, 0) is 9.84 Å². The largest absolute Gasteiger partial charge is 0.271 e. The zero-order valence-electron chi connectivity index (χ0n) is 12.5. The van der Waals surface area contributed by atoms with E-state index in [0.717, 1.165) is 30.4 Å². The van der Waals surface area contributed by atoms with Crippen LogP contribution in [-0.4, -0.2) is 19.9 Å². The van der Waals surface area contributed by atoms with E-state index in [1.165, 1.54) is 18.4 Å². The Hall–Kier alpha value is -0.980. The Labute approximate surface area is 125 Å². The second kappa shape index (κ2) is 6.42. The van der Waals surface area contributed by atoms with Gasteiger partial charge in [-0.1, -0.05) is 12.5 Å². The summed E-state index contributed by atoms with van der Waals surface area (Å²) in [5, 5.41) is -0.298. The summed E-state index contributed by atoms with van der Waals surface area (Å²) in [7, 11) is -3.03. The molecule has 118 valence electrons. The molecule has 1 aromatic carbocycles. The molecule has 1 saturated carbocycles. The molecule has 0 spiro atoms. The van der Waals surface area contributed by atoms with Crippen LogP contribution in [0.1, 0.15) is 42.9 Å². The van der Waals surface area contributed by atoms with Crippen molar-refractivity contribution in [3.63, 3.8) is 0 Å². The molecule has 4 nitrogen and oxygen atoms in total. The molecule has 0 aliphatic heterocycles. The smallest absolute Gasteiger partial charge is 0.150 e. The molecule has 3 unspecified atom stereocenters. The number of halogens is 1. The van der Waals surface area contributed by atoms with Gasteiger partial charge in [-0.2, -0.15) is 0 Å². The minimum Gasteiger partial charge on any atom is -0.271 e. The van der Waals surface area contributed by atoms with Crippen molar-refractivity contribution >= 4 is 9.84 Å². The van der Waals surface area contributed by atoms with Crippen molar-refractivity contribution in [1.29, 1.82) is 0 Å². The summed E-state index contributed by atoms with van der Waals surface area (Å²) in [5.41, 5.74) is 4.58. The van der Waals surface area contributed by atoms with Gasteiger partial charge in [0.15, 0.2) is 0 Å². The molecule has 1 aliphatic rings.